The molecule has 0 spiro atoms. The predicted octanol–water partition coefficient (Wildman–Crippen LogP) is 5.53. The van der Waals surface area contributed by atoms with Gasteiger partial charge in [0.1, 0.15) is 17.7 Å². The molecule has 1 unspecified atom stereocenters. The normalized spacial score (nSPS) is 12.7. The lowest BCUT2D eigenvalue weighted by Gasteiger charge is -2.24. The molecule has 156 valence electrons. The molecule has 3 aromatic carbocycles. The van der Waals surface area contributed by atoms with Crippen molar-refractivity contribution in [1.29, 1.82) is 15.8 Å². The lowest BCUT2D eigenvalue weighted by molar-refractivity contribution is 0.408. The van der Waals surface area contributed by atoms with Crippen LogP contribution in [0.1, 0.15) is 45.6 Å². The smallest absolute Gasteiger partial charge is 0.226 e. The Labute approximate surface area is 188 Å². The molecule has 0 N–H and O–H groups in total. The quantitative estimate of drug-likeness (QED) is 0.415. The fourth-order valence-electron chi connectivity index (χ4n) is 4.53. The molecule has 0 saturated carbocycles. The molecule has 0 amide bonds. The molecule has 0 radical (unpaired) electrons. The van der Waals surface area contributed by atoms with Crippen LogP contribution in [0.15, 0.2) is 42.5 Å². The molecule has 0 aliphatic carbocycles. The van der Waals surface area contributed by atoms with Crippen molar-refractivity contribution in [3.8, 4) is 18.2 Å². The molecule has 0 fully saturated rings. The van der Waals surface area contributed by atoms with Gasteiger partial charge in [-0.25, -0.2) is 10.1 Å². The molecule has 3 rings (SSSR count). The summed E-state index contributed by atoms with van der Waals surface area (Å²) in [6.45, 7) is 16.4. The second-order valence-corrected chi connectivity index (χ2v) is 8.75. The Bertz CT molecular complexity index is 1460. The summed E-state index contributed by atoms with van der Waals surface area (Å²) in [4.78, 5) is 3.52. The van der Waals surface area contributed by atoms with Gasteiger partial charge >= 0.3 is 0 Å². The maximum atomic E-state index is 9.74. The maximum absolute atomic E-state index is 9.74. The number of nitrogens with zero attached hydrogens (tertiary/aromatic N) is 4. The van der Waals surface area contributed by atoms with Gasteiger partial charge in [-0.2, -0.15) is 10.5 Å². The average molecular weight is 417 g/mol. The number of fused-ring (bicyclic) bond motifs is 2. The van der Waals surface area contributed by atoms with Gasteiger partial charge in [-0.05, 0) is 51.3 Å². The zero-order valence-electron chi connectivity index (χ0n) is 18.8. The van der Waals surface area contributed by atoms with Gasteiger partial charge < -0.3 is 0 Å². The molecule has 4 heteroatoms. The lowest BCUT2D eigenvalue weighted by Crippen LogP contribution is -2.19. The summed E-state index contributed by atoms with van der Waals surface area (Å²) >= 11 is 0. The maximum Gasteiger partial charge on any atom is 0.270 e. The Morgan fingerprint density at radius 3 is 1.94 bits per heavy atom. The van der Waals surface area contributed by atoms with Gasteiger partial charge in [0.2, 0.25) is 0 Å². The van der Waals surface area contributed by atoms with Crippen LogP contribution in [0.25, 0.3) is 37.7 Å². The van der Waals surface area contributed by atoms with Crippen LogP contribution < -0.4 is 10.4 Å². The van der Waals surface area contributed by atoms with E-state index in [0.717, 1.165) is 17.4 Å². The van der Waals surface area contributed by atoms with E-state index in [2.05, 4.69) is 50.7 Å². The first kappa shape index (κ1) is 22.6. The van der Waals surface area contributed by atoms with Crippen LogP contribution in [0.4, 0.5) is 0 Å². The molecule has 3 aromatic rings. The molecule has 0 heterocycles. The Balaban J connectivity index is 2.69. The molecule has 1 atom stereocenters. The van der Waals surface area contributed by atoms with Crippen LogP contribution in [-0.2, 0) is 0 Å². The predicted molar refractivity (Wildman–Crippen MR) is 128 cm³/mol. The lowest BCUT2D eigenvalue weighted by atomic mass is 9.81. The Morgan fingerprint density at radius 1 is 0.844 bits per heavy atom. The standard InChI is InChI=1S/C28H24N4/c1-17(2)12-24(18(3)4)19-10-11-23-25(13-19)28(26(16-31)32-5)22-9-7-6-8-21(22)27(23)20(14-29)15-30/h6-11,13,17-18,24H,12H2,1-4H3/b28-26+. The van der Waals surface area contributed by atoms with Crippen molar-refractivity contribution in [2.45, 2.75) is 40.0 Å². The third-order valence-corrected chi connectivity index (χ3v) is 5.93. The summed E-state index contributed by atoms with van der Waals surface area (Å²) in [6.07, 6.45) is 1.02. The summed E-state index contributed by atoms with van der Waals surface area (Å²) in [5, 5.41) is 33.1. The highest BCUT2D eigenvalue weighted by molar-refractivity contribution is 6.05. The molecule has 32 heavy (non-hydrogen) atoms. The van der Waals surface area contributed by atoms with E-state index in [1.807, 2.05) is 42.5 Å². The number of hydrogen-bond donors (Lipinski definition) is 0. The zero-order chi connectivity index (χ0) is 23.4. The van der Waals surface area contributed by atoms with Crippen molar-refractivity contribution in [2.75, 3.05) is 0 Å². The summed E-state index contributed by atoms with van der Waals surface area (Å²) in [6, 6.07) is 19.6. The van der Waals surface area contributed by atoms with E-state index in [1.54, 1.807) is 0 Å². The fourth-order valence-corrected chi connectivity index (χ4v) is 4.53. The van der Waals surface area contributed by atoms with E-state index >= 15 is 0 Å². The molecule has 0 aliphatic heterocycles. The highest BCUT2D eigenvalue weighted by Crippen LogP contribution is 2.32. The van der Waals surface area contributed by atoms with Gasteiger partial charge in [-0.1, -0.05) is 70.2 Å². The van der Waals surface area contributed by atoms with Crippen LogP contribution >= 0.6 is 0 Å². The molecular formula is C28H24N4. The minimum atomic E-state index is 0.00956. The van der Waals surface area contributed by atoms with Crippen molar-refractivity contribution in [3.05, 3.63) is 69.9 Å². The number of nitriles is 3. The molecular weight excluding hydrogens is 392 g/mol. The van der Waals surface area contributed by atoms with Gasteiger partial charge in [0.25, 0.3) is 5.70 Å². The Hall–Kier alpha value is -4.12. The van der Waals surface area contributed by atoms with Gasteiger partial charge in [-0.15, -0.1) is 0 Å². The Kier molecular flexibility index (Phi) is 6.59. The largest absolute Gasteiger partial charge is 0.270 e. The summed E-state index contributed by atoms with van der Waals surface area (Å²) in [7, 11) is 0. The zero-order valence-corrected chi connectivity index (χ0v) is 18.8. The molecule has 4 nitrogen and oxygen atoms in total. The number of hydrogen-bond acceptors (Lipinski definition) is 3. The third-order valence-electron chi connectivity index (χ3n) is 5.93. The van der Waals surface area contributed by atoms with Crippen molar-refractivity contribution < 1.29 is 0 Å². The van der Waals surface area contributed by atoms with Crippen LogP contribution in [0.2, 0.25) is 0 Å². The minimum Gasteiger partial charge on any atom is -0.226 e. The van der Waals surface area contributed by atoms with Crippen LogP contribution in [0, 0.1) is 52.4 Å². The van der Waals surface area contributed by atoms with Gasteiger partial charge in [0, 0.05) is 10.4 Å². The van der Waals surface area contributed by atoms with E-state index < -0.39 is 0 Å². The first-order valence-electron chi connectivity index (χ1n) is 10.7. The van der Waals surface area contributed by atoms with E-state index in [1.165, 1.54) is 0 Å². The van der Waals surface area contributed by atoms with Crippen molar-refractivity contribution in [3.63, 3.8) is 0 Å². The Morgan fingerprint density at radius 2 is 1.44 bits per heavy atom. The average Bonchev–Trinajstić information content (AvgIpc) is 2.79. The fraction of sp³-hybridized carbons (Fsp3) is 0.286. The van der Waals surface area contributed by atoms with Crippen LogP contribution in [0.5, 0.6) is 0 Å². The topological polar surface area (TPSA) is 75.7 Å². The number of benzene rings is 3. The first-order chi connectivity index (χ1) is 15.4. The summed E-state index contributed by atoms with van der Waals surface area (Å²) in [5.74, 6) is 1.25. The van der Waals surface area contributed by atoms with Gasteiger partial charge in [0.15, 0.2) is 0 Å². The number of rotatable bonds is 4. The van der Waals surface area contributed by atoms with E-state index in [-0.39, 0.29) is 11.3 Å². The SMILES string of the molecule is [C-]#[N+]/C(C#N)=c1\c2ccccc2c(=C(C#N)C#N)c2ccc(C(CC(C)C)C(C)C)cc12. The van der Waals surface area contributed by atoms with E-state index in [9.17, 15) is 15.8 Å². The molecule has 0 saturated heterocycles. The molecule has 0 aromatic heterocycles. The van der Waals surface area contributed by atoms with Crippen molar-refractivity contribution >= 4 is 32.8 Å². The van der Waals surface area contributed by atoms with Crippen LogP contribution in [0.3, 0.4) is 0 Å². The van der Waals surface area contributed by atoms with Crippen molar-refractivity contribution in [2.24, 2.45) is 11.8 Å². The third kappa shape index (κ3) is 3.93. The minimum absolute atomic E-state index is 0.00956. The van der Waals surface area contributed by atoms with E-state index in [4.69, 9.17) is 6.57 Å². The second kappa shape index (κ2) is 9.35. The van der Waals surface area contributed by atoms with Crippen LogP contribution in [-0.4, -0.2) is 0 Å². The summed E-state index contributed by atoms with van der Waals surface area (Å²) in [5.41, 5.74) is 1.17. The highest BCUT2D eigenvalue weighted by atomic mass is 14.7. The van der Waals surface area contributed by atoms with Gasteiger partial charge in [0.05, 0.1) is 12.6 Å². The molecule has 0 bridgehead atoms. The highest BCUT2D eigenvalue weighted by Gasteiger charge is 2.19. The molecule has 0 aliphatic rings. The second-order valence-electron chi connectivity index (χ2n) is 8.75. The monoisotopic (exact) mass is 416 g/mol. The van der Waals surface area contributed by atoms with Crippen molar-refractivity contribution in [1.82, 2.24) is 0 Å². The summed E-state index contributed by atoms with van der Waals surface area (Å²) < 4.78 is 0. The van der Waals surface area contributed by atoms with Gasteiger partial charge in [-0.3, -0.25) is 0 Å². The first-order valence-corrected chi connectivity index (χ1v) is 10.7. The van der Waals surface area contributed by atoms with E-state index in [0.29, 0.717) is 44.3 Å².